The van der Waals surface area contributed by atoms with Crippen molar-refractivity contribution >= 4 is 18.2 Å². The molecule has 0 unspecified atom stereocenters. The largest absolute Gasteiger partial charge is 0.505 e. The van der Waals surface area contributed by atoms with Crippen LogP contribution in [0.15, 0.2) is 0 Å². The van der Waals surface area contributed by atoms with Crippen LogP contribution in [0.3, 0.4) is 0 Å². The minimum Gasteiger partial charge on any atom is -0.450 e. The maximum absolute atomic E-state index is 12.4. The number of hydrogen-bond acceptors (Lipinski definition) is 9. The van der Waals surface area contributed by atoms with Gasteiger partial charge in [0.05, 0.1) is 18.1 Å². The molecule has 0 aromatic rings. The van der Waals surface area contributed by atoms with Gasteiger partial charge in [0.15, 0.2) is 0 Å². The first kappa shape index (κ1) is 29.9. The normalized spacial score (nSPS) is 13.6. The van der Waals surface area contributed by atoms with Crippen molar-refractivity contribution in [3.63, 3.8) is 0 Å². The van der Waals surface area contributed by atoms with Crippen molar-refractivity contribution in [1.82, 2.24) is 10.6 Å². The second-order valence-corrected chi connectivity index (χ2v) is 7.68. The van der Waals surface area contributed by atoms with Crippen LogP contribution in [0, 0.1) is 0 Å². The zero-order chi connectivity index (χ0) is 24.2. The number of alkyl carbamates (subject to hydrolysis) is 1. The molecule has 0 fully saturated rings. The highest BCUT2D eigenvalue weighted by molar-refractivity contribution is 5.81. The van der Waals surface area contributed by atoms with Crippen molar-refractivity contribution < 1.29 is 29.0 Å². The summed E-state index contributed by atoms with van der Waals surface area (Å²) in [5.41, 5.74) is 22.4. The lowest BCUT2D eigenvalue weighted by Gasteiger charge is -2.22. The minimum absolute atomic E-state index is 0.0486. The van der Waals surface area contributed by atoms with E-state index in [1.807, 2.05) is 0 Å². The van der Waals surface area contributed by atoms with E-state index in [-0.39, 0.29) is 19.1 Å². The topological polar surface area (TPSA) is 218 Å². The molecule has 12 heteroatoms. The maximum atomic E-state index is 12.4. The van der Waals surface area contributed by atoms with Gasteiger partial charge in [-0.2, -0.15) is 0 Å². The molecule has 0 aliphatic carbocycles. The molecule has 0 aliphatic rings. The second kappa shape index (κ2) is 19.5. The number of nitrogens with two attached hydrogens (primary N) is 4. The Morgan fingerprint density at radius 2 is 1.19 bits per heavy atom. The third-order valence-electron chi connectivity index (χ3n) is 4.81. The molecule has 0 rings (SSSR count). The van der Waals surface area contributed by atoms with Gasteiger partial charge in [-0.3, -0.25) is 4.79 Å². The molecular weight excluding hydrogens is 420 g/mol. The Morgan fingerprint density at radius 1 is 0.719 bits per heavy atom. The zero-order valence-electron chi connectivity index (χ0n) is 18.9. The van der Waals surface area contributed by atoms with Crippen molar-refractivity contribution in [3.8, 4) is 0 Å². The molecule has 12 nitrogen and oxygen atoms in total. The fourth-order valence-electron chi connectivity index (χ4n) is 2.97. The van der Waals surface area contributed by atoms with Crippen LogP contribution < -0.4 is 33.6 Å². The monoisotopic (exact) mass is 462 g/mol. The third-order valence-corrected chi connectivity index (χ3v) is 4.81. The summed E-state index contributed by atoms with van der Waals surface area (Å²) in [5, 5.41) is 14.1. The Bertz CT molecular complexity index is 525. The summed E-state index contributed by atoms with van der Waals surface area (Å²) in [5.74, 6) is -0.307. The van der Waals surface area contributed by atoms with E-state index in [0.29, 0.717) is 45.3 Å². The van der Waals surface area contributed by atoms with E-state index in [1.165, 1.54) is 0 Å². The fourth-order valence-corrected chi connectivity index (χ4v) is 2.97. The molecule has 0 aromatic carbocycles. The Kier molecular flexibility index (Phi) is 18.2. The van der Waals surface area contributed by atoms with Crippen molar-refractivity contribution in [1.29, 1.82) is 0 Å². The van der Waals surface area contributed by atoms with Crippen molar-refractivity contribution in [2.24, 2.45) is 22.9 Å². The average molecular weight is 463 g/mol. The molecule has 0 aliphatic heterocycles. The first-order valence-electron chi connectivity index (χ1n) is 11.3. The SMILES string of the molecule is NCCCC[C@H](COC(=O)O)NC(=O)OC[C@@H](CCCCN)NC(=O)[C@H](N)CCCCN. The fraction of sp³-hybridized carbons (Fsp3) is 0.850. The molecule has 188 valence electrons. The number of amides is 2. The van der Waals surface area contributed by atoms with Gasteiger partial charge in [-0.05, 0) is 58.2 Å². The van der Waals surface area contributed by atoms with Crippen molar-refractivity contribution in [2.75, 3.05) is 32.8 Å². The van der Waals surface area contributed by atoms with E-state index >= 15 is 0 Å². The number of carbonyl (C=O) groups is 3. The van der Waals surface area contributed by atoms with Crippen LogP contribution in [0.2, 0.25) is 0 Å². The van der Waals surface area contributed by atoms with Gasteiger partial charge in [0.2, 0.25) is 5.91 Å². The Morgan fingerprint density at radius 3 is 1.69 bits per heavy atom. The minimum atomic E-state index is -1.42. The lowest BCUT2D eigenvalue weighted by Crippen LogP contribution is -2.48. The number of carbonyl (C=O) groups excluding carboxylic acids is 2. The first-order valence-corrected chi connectivity index (χ1v) is 11.3. The molecule has 0 spiro atoms. The summed E-state index contributed by atoms with van der Waals surface area (Å²) in [6.45, 7) is 1.32. The van der Waals surface area contributed by atoms with E-state index in [4.69, 9.17) is 32.8 Å². The molecule has 0 saturated carbocycles. The van der Waals surface area contributed by atoms with Gasteiger partial charge >= 0.3 is 12.2 Å². The van der Waals surface area contributed by atoms with Gasteiger partial charge < -0.3 is 48.1 Å². The highest BCUT2D eigenvalue weighted by atomic mass is 16.7. The molecular formula is C20H42N6O6. The molecule has 0 bridgehead atoms. The van der Waals surface area contributed by atoms with Crippen molar-refractivity contribution in [2.45, 2.75) is 75.9 Å². The van der Waals surface area contributed by atoms with Crippen LogP contribution in [-0.4, -0.2) is 74.2 Å². The molecule has 3 atom stereocenters. The molecule has 11 N–H and O–H groups in total. The van der Waals surface area contributed by atoms with Crippen LogP contribution in [0.25, 0.3) is 0 Å². The van der Waals surface area contributed by atoms with Crippen LogP contribution in [0.4, 0.5) is 9.59 Å². The summed E-state index contributed by atoms with van der Waals surface area (Å²) in [4.78, 5) is 35.2. The smallest absolute Gasteiger partial charge is 0.450 e. The van der Waals surface area contributed by atoms with Crippen LogP contribution in [0.5, 0.6) is 0 Å². The standard InChI is InChI=1S/C20H42N6O6/c21-10-4-1-7-15(25-18(27)17(24)9-3-6-12-23)13-31-19(28)26-16(8-2-5-11-22)14-32-20(29)30/h15-17H,1-14,21-24H2,(H,25,27)(H,26,28)(H,29,30)/t15-,16-,17-/m1/s1. The van der Waals surface area contributed by atoms with Crippen molar-refractivity contribution in [3.05, 3.63) is 0 Å². The van der Waals surface area contributed by atoms with Gasteiger partial charge in [-0.25, -0.2) is 9.59 Å². The van der Waals surface area contributed by atoms with E-state index in [1.54, 1.807) is 0 Å². The summed E-state index contributed by atoms with van der Waals surface area (Å²) < 4.78 is 9.85. The number of hydrogen-bond donors (Lipinski definition) is 7. The number of ether oxygens (including phenoxy) is 2. The lowest BCUT2D eigenvalue weighted by molar-refractivity contribution is -0.123. The summed E-state index contributed by atoms with van der Waals surface area (Å²) in [6, 6.07) is -1.61. The van der Waals surface area contributed by atoms with E-state index in [9.17, 15) is 14.4 Å². The van der Waals surface area contributed by atoms with Crippen LogP contribution in [-0.2, 0) is 14.3 Å². The highest BCUT2D eigenvalue weighted by Gasteiger charge is 2.20. The highest BCUT2D eigenvalue weighted by Crippen LogP contribution is 2.06. The van der Waals surface area contributed by atoms with E-state index in [0.717, 1.165) is 32.1 Å². The number of unbranched alkanes of at least 4 members (excludes halogenated alkanes) is 3. The van der Waals surface area contributed by atoms with Gasteiger partial charge in [0, 0.05) is 0 Å². The van der Waals surface area contributed by atoms with Gasteiger partial charge in [-0.15, -0.1) is 0 Å². The molecule has 0 radical (unpaired) electrons. The van der Waals surface area contributed by atoms with Crippen LogP contribution in [0.1, 0.15) is 57.8 Å². The maximum Gasteiger partial charge on any atom is 0.505 e. The summed E-state index contributed by atoms with van der Waals surface area (Å²) >= 11 is 0. The second-order valence-electron chi connectivity index (χ2n) is 7.68. The van der Waals surface area contributed by atoms with Gasteiger partial charge in [-0.1, -0.05) is 19.3 Å². The first-order chi connectivity index (χ1) is 15.3. The van der Waals surface area contributed by atoms with E-state index < -0.39 is 30.4 Å². The predicted octanol–water partition coefficient (Wildman–Crippen LogP) is -0.0251. The van der Waals surface area contributed by atoms with Gasteiger partial charge in [0.25, 0.3) is 0 Å². The number of carboxylic acid groups (broad SMARTS) is 1. The molecule has 2 amide bonds. The molecule has 32 heavy (non-hydrogen) atoms. The quantitative estimate of drug-likeness (QED) is 0.100. The predicted molar refractivity (Wildman–Crippen MR) is 121 cm³/mol. The zero-order valence-corrected chi connectivity index (χ0v) is 18.9. The van der Waals surface area contributed by atoms with E-state index in [2.05, 4.69) is 15.4 Å². The number of nitrogens with one attached hydrogen (secondary N) is 2. The summed E-state index contributed by atoms with van der Waals surface area (Å²) in [7, 11) is 0. The molecule has 0 heterocycles. The molecule has 0 aromatic heterocycles. The summed E-state index contributed by atoms with van der Waals surface area (Å²) in [6.07, 6.45) is 3.96. The lowest BCUT2D eigenvalue weighted by atomic mass is 10.1. The third kappa shape index (κ3) is 16.5. The van der Waals surface area contributed by atoms with Gasteiger partial charge in [0.1, 0.15) is 13.2 Å². The Labute approximate surface area is 190 Å². The Hall–Kier alpha value is -2.15. The average Bonchev–Trinajstić information content (AvgIpc) is 2.75. The van der Waals surface area contributed by atoms with Crippen LogP contribution >= 0.6 is 0 Å². The Balaban J connectivity index is 4.69. The molecule has 0 saturated heterocycles. The number of rotatable bonds is 19.